The van der Waals surface area contributed by atoms with Crippen LogP contribution in [0, 0.1) is 0 Å². The van der Waals surface area contributed by atoms with Crippen LogP contribution in [0.15, 0.2) is 47.3 Å². The molecular weight excluding hydrogens is 461 g/mol. The number of aromatic nitrogens is 2. The number of fused-ring (bicyclic) bond motifs is 1. The molecule has 0 aliphatic heterocycles. The molecule has 1 unspecified atom stereocenters. The van der Waals surface area contributed by atoms with E-state index in [1.807, 2.05) is 38.1 Å². The van der Waals surface area contributed by atoms with Crippen molar-refractivity contribution in [1.29, 1.82) is 0 Å². The van der Waals surface area contributed by atoms with E-state index in [9.17, 15) is 9.59 Å². The summed E-state index contributed by atoms with van der Waals surface area (Å²) in [6.07, 6.45) is 0.708. The first-order chi connectivity index (χ1) is 15.8. The molecule has 6 nitrogen and oxygen atoms in total. The molecule has 1 aliphatic rings. The van der Waals surface area contributed by atoms with Crippen LogP contribution >= 0.6 is 23.2 Å². The van der Waals surface area contributed by atoms with Gasteiger partial charge in [-0.2, -0.15) is 0 Å². The van der Waals surface area contributed by atoms with Crippen molar-refractivity contribution >= 4 is 34.9 Å². The first kappa shape index (κ1) is 23.3. The van der Waals surface area contributed by atoms with Gasteiger partial charge in [0.25, 0.3) is 5.56 Å². The number of nitrogens with one attached hydrogen (secondary N) is 1. The molecule has 172 valence electrons. The summed E-state index contributed by atoms with van der Waals surface area (Å²) < 4.78 is 7.20. The number of rotatable bonds is 6. The average Bonchev–Trinajstić information content (AvgIpc) is 3.11. The molecular formula is C25H25Cl2N3O3. The van der Waals surface area contributed by atoms with Gasteiger partial charge in [-0.3, -0.25) is 14.2 Å². The quantitative estimate of drug-likeness (QED) is 0.470. The normalized spacial score (nSPS) is 17.0. The lowest BCUT2D eigenvalue weighted by molar-refractivity contribution is -0.146. The van der Waals surface area contributed by atoms with Gasteiger partial charge in [0, 0.05) is 30.5 Å². The van der Waals surface area contributed by atoms with Gasteiger partial charge in [-0.1, -0.05) is 54.4 Å². The molecule has 0 bridgehead atoms. The van der Waals surface area contributed by atoms with Crippen molar-refractivity contribution in [3.63, 3.8) is 0 Å². The van der Waals surface area contributed by atoms with Gasteiger partial charge in [0.2, 0.25) is 0 Å². The van der Waals surface area contributed by atoms with Gasteiger partial charge in [-0.05, 0) is 42.7 Å². The molecule has 0 saturated heterocycles. The summed E-state index contributed by atoms with van der Waals surface area (Å²) >= 11 is 12.5. The fraction of sp³-hybridized carbons (Fsp3) is 0.320. The van der Waals surface area contributed by atoms with E-state index in [-0.39, 0.29) is 17.6 Å². The number of nitrogens with zero attached hydrogens (tertiary/aromatic N) is 2. The first-order valence-corrected chi connectivity index (χ1v) is 11.7. The third-order valence-electron chi connectivity index (χ3n) is 5.87. The molecule has 1 heterocycles. The highest BCUT2D eigenvalue weighted by Gasteiger charge is 2.36. The fourth-order valence-corrected chi connectivity index (χ4v) is 4.87. The number of hydrogen-bond donors (Lipinski definition) is 1. The Balaban J connectivity index is 1.83. The summed E-state index contributed by atoms with van der Waals surface area (Å²) in [5.74, 6) is 0.141. The van der Waals surface area contributed by atoms with Gasteiger partial charge < -0.3 is 10.1 Å². The molecule has 33 heavy (non-hydrogen) atoms. The van der Waals surface area contributed by atoms with Crippen LogP contribution < -0.4 is 10.9 Å². The Bertz CT molecular complexity index is 1270. The molecule has 0 radical (unpaired) electrons. The van der Waals surface area contributed by atoms with Crippen molar-refractivity contribution in [2.45, 2.75) is 52.3 Å². The molecule has 0 saturated carbocycles. The van der Waals surface area contributed by atoms with Crippen molar-refractivity contribution in [3.8, 4) is 11.4 Å². The summed E-state index contributed by atoms with van der Waals surface area (Å²) in [6, 6.07) is 12.7. The predicted molar refractivity (Wildman–Crippen MR) is 131 cm³/mol. The molecule has 1 aromatic heterocycles. The van der Waals surface area contributed by atoms with E-state index in [2.05, 4.69) is 5.32 Å². The number of benzene rings is 2. The number of esters is 1. The summed E-state index contributed by atoms with van der Waals surface area (Å²) in [4.78, 5) is 30.2. The minimum atomic E-state index is -0.413. The minimum absolute atomic E-state index is 0.198. The second-order valence-electron chi connectivity index (χ2n) is 7.96. The van der Waals surface area contributed by atoms with E-state index < -0.39 is 6.10 Å². The monoisotopic (exact) mass is 485 g/mol. The molecule has 4 rings (SSSR count). The summed E-state index contributed by atoms with van der Waals surface area (Å²) in [5, 5.41) is 4.33. The van der Waals surface area contributed by atoms with E-state index in [0.717, 1.165) is 11.1 Å². The van der Waals surface area contributed by atoms with E-state index >= 15 is 0 Å². The van der Waals surface area contributed by atoms with E-state index in [1.54, 1.807) is 22.8 Å². The molecule has 0 amide bonds. The number of ether oxygens (including phenoxy) is 1. The molecule has 2 aromatic carbocycles. The van der Waals surface area contributed by atoms with E-state index in [0.29, 0.717) is 52.2 Å². The Hall–Kier alpha value is -2.83. The first-order valence-electron chi connectivity index (χ1n) is 10.9. The zero-order chi connectivity index (χ0) is 23.7. The number of aryl methyl sites for hydroxylation is 1. The zero-order valence-corrected chi connectivity index (χ0v) is 20.2. The Morgan fingerprint density at radius 1 is 1.21 bits per heavy atom. The average molecular weight is 486 g/mol. The van der Waals surface area contributed by atoms with Crippen molar-refractivity contribution in [3.05, 3.63) is 79.7 Å². The number of hydrogen-bond acceptors (Lipinski definition) is 5. The van der Waals surface area contributed by atoms with Gasteiger partial charge in [-0.25, -0.2) is 4.98 Å². The summed E-state index contributed by atoms with van der Waals surface area (Å²) in [7, 11) is 0. The van der Waals surface area contributed by atoms with Gasteiger partial charge in [0.1, 0.15) is 17.6 Å². The third kappa shape index (κ3) is 4.50. The van der Waals surface area contributed by atoms with Crippen LogP contribution in [-0.2, 0) is 28.9 Å². The smallest absolute Gasteiger partial charge is 0.302 e. The minimum Gasteiger partial charge on any atom is -0.460 e. The van der Waals surface area contributed by atoms with Crippen LogP contribution in [0.25, 0.3) is 11.4 Å². The van der Waals surface area contributed by atoms with Crippen LogP contribution in [0.2, 0.25) is 10.0 Å². The maximum absolute atomic E-state index is 13.7. The molecule has 0 fully saturated rings. The standard InChI is InChI=1S/C25H25Cl2N3O3/c1-4-20-23(29-22-17-9-7-6-8-15(17)12-21(22)33-14(3)31)25(32)30(5-2)24(28-20)18-11-10-16(26)13-19(18)27/h6-11,13,21-22,29H,4-5,12H2,1-3H3/t21-,22?/m0/s1. The maximum atomic E-state index is 13.7. The van der Waals surface area contributed by atoms with E-state index in [1.165, 1.54) is 6.92 Å². The molecule has 3 aromatic rings. The van der Waals surface area contributed by atoms with E-state index in [4.69, 9.17) is 32.9 Å². The Labute approximate surface area is 202 Å². The molecule has 0 spiro atoms. The second-order valence-corrected chi connectivity index (χ2v) is 8.80. The Morgan fingerprint density at radius 3 is 2.64 bits per heavy atom. The zero-order valence-electron chi connectivity index (χ0n) is 18.7. The fourth-order valence-electron chi connectivity index (χ4n) is 4.38. The summed E-state index contributed by atoms with van der Waals surface area (Å²) in [6.45, 7) is 5.64. The third-order valence-corrected chi connectivity index (χ3v) is 6.42. The van der Waals surface area contributed by atoms with Crippen molar-refractivity contribution < 1.29 is 9.53 Å². The van der Waals surface area contributed by atoms with Crippen molar-refractivity contribution in [1.82, 2.24) is 9.55 Å². The highest BCUT2D eigenvalue weighted by atomic mass is 35.5. The van der Waals surface area contributed by atoms with Crippen molar-refractivity contribution in [2.75, 3.05) is 5.32 Å². The second kappa shape index (κ2) is 9.57. The lowest BCUT2D eigenvalue weighted by atomic mass is 10.1. The number of halogens is 2. The van der Waals surface area contributed by atoms with Crippen LogP contribution in [-0.4, -0.2) is 21.6 Å². The number of carbonyl (C=O) groups excluding carboxylic acids is 1. The largest absolute Gasteiger partial charge is 0.460 e. The molecule has 1 N–H and O–H groups in total. The van der Waals surface area contributed by atoms with Gasteiger partial charge in [0.15, 0.2) is 0 Å². The molecule has 2 atom stereocenters. The van der Waals surface area contributed by atoms with Gasteiger partial charge in [-0.15, -0.1) is 0 Å². The highest BCUT2D eigenvalue weighted by molar-refractivity contribution is 6.36. The lowest BCUT2D eigenvalue weighted by Crippen LogP contribution is -2.32. The Kier molecular flexibility index (Phi) is 6.77. The number of carbonyl (C=O) groups is 1. The number of anilines is 1. The van der Waals surface area contributed by atoms with Crippen LogP contribution in [0.1, 0.15) is 43.6 Å². The molecule has 1 aliphatic carbocycles. The lowest BCUT2D eigenvalue weighted by Gasteiger charge is -2.24. The predicted octanol–water partition coefficient (Wildman–Crippen LogP) is 5.44. The Morgan fingerprint density at radius 2 is 1.97 bits per heavy atom. The van der Waals surface area contributed by atoms with Crippen LogP contribution in [0.3, 0.4) is 0 Å². The van der Waals surface area contributed by atoms with Crippen LogP contribution in [0.4, 0.5) is 5.69 Å². The summed E-state index contributed by atoms with van der Waals surface area (Å²) in [5.41, 5.74) is 3.58. The topological polar surface area (TPSA) is 73.2 Å². The van der Waals surface area contributed by atoms with Gasteiger partial charge >= 0.3 is 5.97 Å². The van der Waals surface area contributed by atoms with Gasteiger partial charge in [0.05, 0.1) is 16.8 Å². The highest BCUT2D eigenvalue weighted by Crippen LogP contribution is 2.36. The van der Waals surface area contributed by atoms with Crippen molar-refractivity contribution in [2.24, 2.45) is 0 Å². The SMILES string of the molecule is CCc1nc(-c2ccc(Cl)cc2Cl)n(CC)c(=O)c1NC1c2ccccc2C[C@@H]1OC(C)=O. The molecule has 8 heteroatoms. The maximum Gasteiger partial charge on any atom is 0.302 e. The van der Waals surface area contributed by atoms with Crippen LogP contribution in [0.5, 0.6) is 0 Å².